The molecule has 5 unspecified atom stereocenters. The molecule has 14 nitrogen and oxygen atoms in total. The van der Waals surface area contributed by atoms with Crippen LogP contribution in [0.25, 0.3) is 0 Å². The van der Waals surface area contributed by atoms with E-state index in [1.54, 1.807) is 0 Å². The molecule has 0 aliphatic heterocycles. The van der Waals surface area contributed by atoms with Crippen molar-refractivity contribution in [3.63, 3.8) is 0 Å². The van der Waals surface area contributed by atoms with Crippen LogP contribution >= 0.6 is 12.6 Å². The van der Waals surface area contributed by atoms with E-state index in [4.69, 9.17) is 21.1 Å². The van der Waals surface area contributed by atoms with Crippen LogP contribution in [0.1, 0.15) is 26.2 Å². The van der Waals surface area contributed by atoms with E-state index in [0.29, 0.717) is 0 Å². The van der Waals surface area contributed by atoms with E-state index >= 15 is 0 Å². The van der Waals surface area contributed by atoms with Gasteiger partial charge in [0.05, 0.1) is 18.6 Å². The summed E-state index contributed by atoms with van der Waals surface area (Å²) >= 11 is 3.89. The Kier molecular flexibility index (Phi) is 12.1. The second kappa shape index (κ2) is 13.4. The minimum absolute atomic E-state index is 0.276. The highest BCUT2D eigenvalue weighted by atomic mass is 32.1. The van der Waals surface area contributed by atoms with E-state index in [1.165, 1.54) is 0 Å². The van der Waals surface area contributed by atoms with Crippen molar-refractivity contribution in [2.75, 3.05) is 5.75 Å². The Bertz CT molecular complexity index is 702. The van der Waals surface area contributed by atoms with Crippen LogP contribution in [0.4, 0.5) is 0 Å². The molecule has 15 heteroatoms. The minimum atomic E-state index is -1.65. The molecule has 0 aliphatic carbocycles. The molecular formula is C16H26N4O10S. The summed E-state index contributed by atoms with van der Waals surface area (Å²) in [6.07, 6.45) is -3.18. The maximum absolute atomic E-state index is 12.4. The number of hydrogen-bond donors (Lipinski definition) is 9. The van der Waals surface area contributed by atoms with Crippen molar-refractivity contribution in [3.05, 3.63) is 0 Å². The first-order valence-electron chi connectivity index (χ1n) is 8.92. The molecule has 176 valence electrons. The van der Waals surface area contributed by atoms with Crippen molar-refractivity contribution in [2.24, 2.45) is 5.73 Å². The van der Waals surface area contributed by atoms with Crippen LogP contribution in [0.3, 0.4) is 0 Å². The van der Waals surface area contributed by atoms with Gasteiger partial charge in [0.15, 0.2) is 0 Å². The predicted octanol–water partition coefficient (Wildman–Crippen LogP) is -3.50. The predicted molar refractivity (Wildman–Crippen MR) is 106 cm³/mol. The molecule has 0 rings (SSSR count). The maximum Gasteiger partial charge on any atom is 0.326 e. The van der Waals surface area contributed by atoms with Gasteiger partial charge in [0.1, 0.15) is 18.1 Å². The fraction of sp³-hybridized carbons (Fsp3) is 0.625. The Labute approximate surface area is 182 Å². The number of carbonyl (C=O) groups excluding carboxylic acids is 3. The zero-order valence-electron chi connectivity index (χ0n) is 16.5. The number of aliphatic carboxylic acids is 3. The lowest BCUT2D eigenvalue weighted by Gasteiger charge is -2.25. The van der Waals surface area contributed by atoms with Crippen LogP contribution < -0.4 is 21.7 Å². The molecule has 31 heavy (non-hydrogen) atoms. The van der Waals surface area contributed by atoms with E-state index in [2.05, 4.69) is 23.3 Å². The second-order valence-corrected chi connectivity index (χ2v) is 6.87. The third-order valence-electron chi connectivity index (χ3n) is 3.87. The second-order valence-electron chi connectivity index (χ2n) is 6.51. The van der Waals surface area contributed by atoms with Crippen LogP contribution in [-0.2, 0) is 28.8 Å². The highest BCUT2D eigenvalue weighted by molar-refractivity contribution is 7.80. The van der Waals surface area contributed by atoms with Crippen LogP contribution in [0.15, 0.2) is 0 Å². The largest absolute Gasteiger partial charge is 0.481 e. The molecule has 3 amide bonds. The molecule has 0 aromatic heterocycles. The summed E-state index contributed by atoms with van der Waals surface area (Å²) in [6, 6.07) is -6.04. The Hall–Kier alpha value is -2.91. The number of carboxylic acid groups (broad SMARTS) is 3. The summed E-state index contributed by atoms with van der Waals surface area (Å²) < 4.78 is 0. The highest BCUT2D eigenvalue weighted by Crippen LogP contribution is 2.02. The Morgan fingerprint density at radius 3 is 1.84 bits per heavy atom. The van der Waals surface area contributed by atoms with E-state index in [9.17, 15) is 33.9 Å². The van der Waals surface area contributed by atoms with Gasteiger partial charge in [-0.15, -0.1) is 0 Å². The summed E-state index contributed by atoms with van der Waals surface area (Å²) in [5.74, 6) is -7.46. The van der Waals surface area contributed by atoms with Crippen molar-refractivity contribution in [2.45, 2.75) is 56.5 Å². The number of nitrogens with two attached hydrogens (primary N) is 1. The van der Waals surface area contributed by atoms with Gasteiger partial charge in [-0.25, -0.2) is 4.79 Å². The van der Waals surface area contributed by atoms with Gasteiger partial charge in [-0.05, 0) is 13.3 Å². The lowest BCUT2D eigenvalue weighted by Crippen LogP contribution is -2.60. The van der Waals surface area contributed by atoms with E-state index in [1.807, 2.05) is 5.32 Å². The average molecular weight is 466 g/mol. The third-order valence-corrected chi connectivity index (χ3v) is 4.24. The number of aliphatic hydroxyl groups excluding tert-OH is 1. The first-order valence-corrected chi connectivity index (χ1v) is 9.55. The number of thiol groups is 1. The van der Waals surface area contributed by atoms with Crippen molar-refractivity contribution < 1.29 is 49.2 Å². The van der Waals surface area contributed by atoms with Crippen molar-refractivity contribution >= 4 is 48.3 Å². The molecule has 9 N–H and O–H groups in total. The number of nitrogens with one attached hydrogen (secondary N) is 3. The first kappa shape index (κ1) is 28.1. The molecule has 0 radical (unpaired) electrons. The zero-order chi connectivity index (χ0) is 24.3. The Morgan fingerprint density at radius 2 is 1.42 bits per heavy atom. The van der Waals surface area contributed by atoms with Gasteiger partial charge >= 0.3 is 17.9 Å². The zero-order valence-corrected chi connectivity index (χ0v) is 17.4. The summed E-state index contributed by atoms with van der Waals surface area (Å²) in [7, 11) is 0. The number of hydrogen-bond acceptors (Lipinski definition) is 9. The molecule has 0 saturated carbocycles. The molecule has 0 bridgehead atoms. The molecule has 0 spiro atoms. The smallest absolute Gasteiger partial charge is 0.326 e. The molecule has 0 aromatic carbocycles. The fourth-order valence-electron chi connectivity index (χ4n) is 2.20. The van der Waals surface area contributed by atoms with Crippen LogP contribution in [0.5, 0.6) is 0 Å². The fourth-order valence-corrected chi connectivity index (χ4v) is 2.46. The van der Waals surface area contributed by atoms with Crippen LogP contribution in [0, 0.1) is 0 Å². The number of rotatable bonds is 14. The number of carboxylic acids is 3. The Morgan fingerprint density at radius 1 is 0.871 bits per heavy atom. The van der Waals surface area contributed by atoms with Crippen LogP contribution in [-0.4, -0.2) is 92.1 Å². The van der Waals surface area contributed by atoms with Crippen molar-refractivity contribution in [1.29, 1.82) is 0 Å². The quantitative estimate of drug-likeness (QED) is 0.114. The molecule has 0 saturated heterocycles. The lowest BCUT2D eigenvalue weighted by molar-refractivity contribution is -0.144. The summed E-state index contributed by atoms with van der Waals surface area (Å²) in [5, 5.41) is 42.6. The van der Waals surface area contributed by atoms with E-state index < -0.39 is 85.2 Å². The molecule has 5 atom stereocenters. The minimum Gasteiger partial charge on any atom is -0.481 e. The van der Waals surface area contributed by atoms with Gasteiger partial charge in [0.25, 0.3) is 0 Å². The monoisotopic (exact) mass is 466 g/mol. The van der Waals surface area contributed by atoms with E-state index in [0.717, 1.165) is 6.92 Å². The van der Waals surface area contributed by atoms with Crippen molar-refractivity contribution in [3.8, 4) is 0 Å². The number of aliphatic hydroxyl groups is 1. The number of amides is 3. The van der Waals surface area contributed by atoms with Gasteiger partial charge in [0, 0.05) is 12.2 Å². The molecule has 0 heterocycles. The molecular weight excluding hydrogens is 440 g/mol. The van der Waals surface area contributed by atoms with Gasteiger partial charge in [-0.1, -0.05) is 0 Å². The topological polar surface area (TPSA) is 245 Å². The SMILES string of the molecule is CC(O)C(NC(=O)C(CS)NC(=O)C(N)CC(=O)O)C(=O)NC(CCC(=O)O)C(=O)O. The summed E-state index contributed by atoms with van der Waals surface area (Å²) in [6.45, 7) is 1.13. The molecule has 0 aliphatic rings. The third kappa shape index (κ3) is 10.6. The van der Waals surface area contributed by atoms with Crippen molar-refractivity contribution in [1.82, 2.24) is 16.0 Å². The van der Waals surface area contributed by atoms with Gasteiger partial charge in [-0.2, -0.15) is 12.6 Å². The molecule has 0 aromatic rings. The summed E-state index contributed by atoms with van der Waals surface area (Å²) in [4.78, 5) is 69.1. The normalized spacial score (nSPS) is 15.5. The first-order chi connectivity index (χ1) is 14.3. The summed E-state index contributed by atoms with van der Waals surface area (Å²) in [5.41, 5.74) is 5.40. The number of carbonyl (C=O) groups is 6. The van der Waals surface area contributed by atoms with Crippen LogP contribution in [0.2, 0.25) is 0 Å². The Balaban J connectivity index is 5.19. The van der Waals surface area contributed by atoms with Gasteiger partial charge in [0.2, 0.25) is 17.7 Å². The highest BCUT2D eigenvalue weighted by Gasteiger charge is 2.32. The lowest BCUT2D eigenvalue weighted by atomic mass is 10.1. The van der Waals surface area contributed by atoms with E-state index in [-0.39, 0.29) is 5.75 Å². The maximum atomic E-state index is 12.4. The average Bonchev–Trinajstić information content (AvgIpc) is 2.65. The van der Waals surface area contributed by atoms with Gasteiger partial charge < -0.3 is 42.1 Å². The molecule has 0 fully saturated rings. The van der Waals surface area contributed by atoms with Gasteiger partial charge in [-0.3, -0.25) is 24.0 Å². The standard InChI is InChI=1S/C16H26N4O10S/c1-6(21)12(15(28)18-8(16(29)30)2-3-10(22)23)20-14(27)9(5-31)19-13(26)7(17)4-11(24)25/h6-9,12,21,31H,2-5,17H2,1H3,(H,18,28)(H,19,26)(H,20,27)(H,22,23)(H,24,25)(H,29,30).